The molecule has 0 bridgehead atoms. The summed E-state index contributed by atoms with van der Waals surface area (Å²) < 4.78 is 16.2. The van der Waals surface area contributed by atoms with Crippen molar-refractivity contribution in [1.82, 2.24) is 14.5 Å². The Morgan fingerprint density at radius 2 is 2.11 bits per heavy atom. The Morgan fingerprint density at radius 1 is 1.26 bits per heavy atom. The fourth-order valence-electron chi connectivity index (χ4n) is 3.11. The highest BCUT2D eigenvalue weighted by molar-refractivity contribution is 6.28. The standard InChI is InChI=1S/C15H11ClFN3.C7H4/c16-15-18-7-12(17)13(19-15)11-8-20-6-2-4-9-3-1-5-10(11)14(9)20;1-3-5-7-6-4-2/h1,3,5,7-8H,2,4,6H2;1H,2H3. The van der Waals surface area contributed by atoms with Crippen LogP contribution in [-0.4, -0.2) is 14.5 Å². The highest BCUT2D eigenvalue weighted by atomic mass is 35.5. The molecule has 1 aliphatic heterocycles. The second-order valence-corrected chi connectivity index (χ2v) is 6.10. The number of hydrogen-bond acceptors (Lipinski definition) is 2. The Morgan fingerprint density at radius 3 is 2.89 bits per heavy atom. The molecule has 3 nitrogen and oxygen atoms in total. The zero-order valence-corrected chi connectivity index (χ0v) is 15.4. The Hall–Kier alpha value is -3.26. The monoisotopic (exact) mass is 375 g/mol. The first-order valence-electron chi connectivity index (χ1n) is 8.32. The molecule has 0 N–H and O–H groups in total. The van der Waals surface area contributed by atoms with E-state index < -0.39 is 5.82 Å². The van der Waals surface area contributed by atoms with Gasteiger partial charge in [0.05, 0.1) is 11.7 Å². The van der Waals surface area contributed by atoms with Crippen molar-refractivity contribution >= 4 is 22.5 Å². The quantitative estimate of drug-likeness (QED) is 0.463. The third-order valence-electron chi connectivity index (χ3n) is 4.12. The number of halogens is 2. The SMILES string of the molecule is C#CC#CC#CC.Fc1cnc(Cl)nc1-c1cn2c3c(cccc13)CCC2. The molecule has 4 rings (SSSR count). The zero-order chi connectivity index (χ0) is 19.2. The molecule has 0 spiro atoms. The lowest BCUT2D eigenvalue weighted by Crippen LogP contribution is -2.05. The van der Waals surface area contributed by atoms with E-state index in [0.717, 1.165) is 36.5 Å². The van der Waals surface area contributed by atoms with Gasteiger partial charge in [0.1, 0.15) is 5.69 Å². The van der Waals surface area contributed by atoms with E-state index in [1.807, 2.05) is 18.3 Å². The lowest BCUT2D eigenvalue weighted by atomic mass is 10.0. The molecule has 0 saturated heterocycles. The highest BCUT2D eigenvalue weighted by Crippen LogP contribution is 2.35. The van der Waals surface area contributed by atoms with E-state index in [-0.39, 0.29) is 11.0 Å². The van der Waals surface area contributed by atoms with Gasteiger partial charge in [-0.2, -0.15) is 0 Å². The normalized spacial score (nSPS) is 11.2. The maximum absolute atomic E-state index is 14.0. The number of rotatable bonds is 1. The van der Waals surface area contributed by atoms with E-state index in [9.17, 15) is 4.39 Å². The van der Waals surface area contributed by atoms with Gasteiger partial charge in [0, 0.05) is 23.7 Å². The number of terminal acetylenes is 1. The Bertz CT molecular complexity index is 1160. The minimum Gasteiger partial charge on any atom is -0.347 e. The van der Waals surface area contributed by atoms with E-state index in [2.05, 4.69) is 50.2 Å². The van der Waals surface area contributed by atoms with Gasteiger partial charge in [-0.1, -0.05) is 24.1 Å². The van der Waals surface area contributed by atoms with Crippen molar-refractivity contribution in [3.05, 3.63) is 47.3 Å². The molecule has 0 radical (unpaired) electrons. The molecule has 0 fully saturated rings. The van der Waals surface area contributed by atoms with Crippen molar-refractivity contribution in [2.75, 3.05) is 0 Å². The predicted octanol–water partition coefficient (Wildman–Crippen LogP) is 4.48. The summed E-state index contributed by atoms with van der Waals surface area (Å²) in [4.78, 5) is 7.73. The van der Waals surface area contributed by atoms with Crippen LogP contribution in [0.2, 0.25) is 5.28 Å². The molecule has 2 aromatic heterocycles. The molecule has 0 saturated carbocycles. The number of para-hydroxylation sites is 1. The van der Waals surface area contributed by atoms with Gasteiger partial charge >= 0.3 is 0 Å². The maximum atomic E-state index is 14.0. The van der Waals surface area contributed by atoms with Gasteiger partial charge in [-0.3, -0.25) is 0 Å². The van der Waals surface area contributed by atoms with E-state index in [4.69, 9.17) is 18.0 Å². The first-order chi connectivity index (χ1) is 13.2. The molecular weight excluding hydrogens is 361 g/mol. The predicted molar refractivity (Wildman–Crippen MR) is 106 cm³/mol. The van der Waals surface area contributed by atoms with Crippen LogP contribution in [0, 0.1) is 41.8 Å². The first kappa shape index (κ1) is 18.5. The minimum absolute atomic E-state index is 0.0633. The summed E-state index contributed by atoms with van der Waals surface area (Å²) in [5.74, 6) is 11.6. The highest BCUT2D eigenvalue weighted by Gasteiger charge is 2.19. The van der Waals surface area contributed by atoms with Crippen LogP contribution in [0.5, 0.6) is 0 Å². The molecule has 27 heavy (non-hydrogen) atoms. The molecule has 0 amide bonds. The zero-order valence-electron chi connectivity index (χ0n) is 14.7. The van der Waals surface area contributed by atoms with Crippen LogP contribution in [0.1, 0.15) is 18.9 Å². The van der Waals surface area contributed by atoms with Crippen LogP contribution in [0.15, 0.2) is 30.6 Å². The van der Waals surface area contributed by atoms with Gasteiger partial charge in [0.25, 0.3) is 0 Å². The van der Waals surface area contributed by atoms with Gasteiger partial charge in [-0.15, -0.1) is 6.42 Å². The van der Waals surface area contributed by atoms with Crippen molar-refractivity contribution in [3.63, 3.8) is 0 Å². The van der Waals surface area contributed by atoms with Crippen molar-refractivity contribution in [2.45, 2.75) is 26.3 Å². The molecule has 1 aromatic carbocycles. The second kappa shape index (κ2) is 8.41. The van der Waals surface area contributed by atoms with Crippen molar-refractivity contribution in [1.29, 1.82) is 0 Å². The number of nitrogens with zero attached hydrogens (tertiary/aromatic N) is 3. The third kappa shape index (κ3) is 3.95. The topological polar surface area (TPSA) is 30.7 Å². The second-order valence-electron chi connectivity index (χ2n) is 5.76. The summed E-state index contributed by atoms with van der Waals surface area (Å²) in [6, 6.07) is 6.15. The van der Waals surface area contributed by atoms with Crippen molar-refractivity contribution in [2.24, 2.45) is 0 Å². The molecule has 5 heteroatoms. The van der Waals surface area contributed by atoms with E-state index in [0.29, 0.717) is 0 Å². The van der Waals surface area contributed by atoms with Gasteiger partial charge in [-0.25, -0.2) is 14.4 Å². The fourth-order valence-corrected chi connectivity index (χ4v) is 3.24. The van der Waals surface area contributed by atoms with Gasteiger partial charge in [0.15, 0.2) is 5.82 Å². The molecular formula is C22H15ClFN3. The minimum atomic E-state index is -0.446. The van der Waals surface area contributed by atoms with Gasteiger partial charge in [0.2, 0.25) is 5.28 Å². The molecule has 0 aliphatic carbocycles. The van der Waals surface area contributed by atoms with Crippen molar-refractivity contribution < 1.29 is 4.39 Å². The molecule has 3 aromatic rings. The van der Waals surface area contributed by atoms with Crippen molar-refractivity contribution in [3.8, 4) is 47.3 Å². The number of hydrogen-bond donors (Lipinski definition) is 0. The lowest BCUT2D eigenvalue weighted by molar-refractivity contribution is 0.617. The molecule has 1 aliphatic rings. The van der Waals surface area contributed by atoms with Crippen LogP contribution in [0.3, 0.4) is 0 Å². The fraction of sp³-hybridized carbons (Fsp3) is 0.182. The summed E-state index contributed by atoms with van der Waals surface area (Å²) in [5.41, 5.74) is 3.54. The number of benzene rings is 1. The summed E-state index contributed by atoms with van der Waals surface area (Å²) in [6.45, 7) is 2.67. The summed E-state index contributed by atoms with van der Waals surface area (Å²) in [5, 5.41) is 1.09. The maximum Gasteiger partial charge on any atom is 0.223 e. The Kier molecular flexibility index (Phi) is 5.77. The van der Waals surface area contributed by atoms with E-state index in [1.54, 1.807) is 6.92 Å². The number of aryl methyl sites for hydroxylation is 2. The summed E-state index contributed by atoms with van der Waals surface area (Å²) in [7, 11) is 0. The average molecular weight is 376 g/mol. The molecule has 132 valence electrons. The average Bonchev–Trinajstić information content (AvgIpc) is 3.06. The van der Waals surface area contributed by atoms with Crippen LogP contribution >= 0.6 is 11.6 Å². The molecule has 0 atom stereocenters. The van der Waals surface area contributed by atoms with Crippen LogP contribution in [0.25, 0.3) is 22.2 Å². The van der Waals surface area contributed by atoms with Gasteiger partial charge < -0.3 is 4.57 Å². The molecule has 0 unspecified atom stereocenters. The molecule has 3 heterocycles. The third-order valence-corrected chi connectivity index (χ3v) is 4.30. The van der Waals surface area contributed by atoms with E-state index >= 15 is 0 Å². The number of aromatic nitrogens is 3. The first-order valence-corrected chi connectivity index (χ1v) is 8.70. The largest absolute Gasteiger partial charge is 0.347 e. The Labute approximate surface area is 162 Å². The lowest BCUT2D eigenvalue weighted by Gasteiger charge is -2.14. The summed E-state index contributed by atoms with van der Waals surface area (Å²) >= 11 is 5.81. The van der Waals surface area contributed by atoms with E-state index in [1.165, 1.54) is 11.1 Å². The van der Waals surface area contributed by atoms with Crippen LogP contribution in [0.4, 0.5) is 4.39 Å². The smallest absolute Gasteiger partial charge is 0.223 e. The van der Waals surface area contributed by atoms with Crippen LogP contribution < -0.4 is 0 Å². The van der Waals surface area contributed by atoms with Crippen LogP contribution in [-0.2, 0) is 13.0 Å². The Balaban J connectivity index is 0.000000260. The van der Waals surface area contributed by atoms with Gasteiger partial charge in [-0.05, 0) is 60.6 Å². The summed E-state index contributed by atoms with van der Waals surface area (Å²) in [6.07, 6.45) is 10.0.